The molecule has 2 aliphatic heterocycles. The number of nitrogens with zero attached hydrogens (tertiary/aromatic N) is 3. The van der Waals surface area contributed by atoms with Gasteiger partial charge >= 0.3 is 0 Å². The zero-order chi connectivity index (χ0) is 15.8. The predicted molar refractivity (Wildman–Crippen MR) is 97.2 cm³/mol. The van der Waals surface area contributed by atoms with Crippen LogP contribution in [0.3, 0.4) is 0 Å². The summed E-state index contributed by atoms with van der Waals surface area (Å²) in [5.74, 6) is 0. The van der Waals surface area contributed by atoms with Crippen LogP contribution in [-0.4, -0.2) is 9.97 Å². The standard InChI is InChI=1S/C18H14BrN3S/c1-18(2)12-9-21-8-11-5-10-7-20-4-3-13(10)22(16(11)12)14-6-15(19)23-17(14)18/h3-4,6-9H,5H2,1-2H3. The molecule has 0 atom stereocenters. The van der Waals surface area contributed by atoms with Crippen LogP contribution in [0.25, 0.3) is 0 Å². The minimum atomic E-state index is -0.0363. The number of hydrogen-bond acceptors (Lipinski definition) is 4. The minimum Gasteiger partial charge on any atom is -0.308 e. The van der Waals surface area contributed by atoms with Crippen molar-refractivity contribution >= 4 is 44.3 Å². The molecule has 0 aromatic carbocycles. The molecule has 0 radical (unpaired) electrons. The van der Waals surface area contributed by atoms with Gasteiger partial charge in [0.05, 0.1) is 20.8 Å². The van der Waals surface area contributed by atoms with E-state index >= 15 is 0 Å². The number of hydrogen-bond donors (Lipinski definition) is 0. The lowest BCUT2D eigenvalue weighted by molar-refractivity contribution is 0.640. The van der Waals surface area contributed by atoms with Gasteiger partial charge in [-0.2, -0.15) is 0 Å². The zero-order valence-corrected chi connectivity index (χ0v) is 15.2. The summed E-state index contributed by atoms with van der Waals surface area (Å²) < 4.78 is 1.17. The monoisotopic (exact) mass is 383 g/mol. The number of pyridine rings is 2. The average Bonchev–Trinajstić information content (AvgIpc) is 2.94. The number of halogens is 1. The smallest absolute Gasteiger partial charge is 0.0723 e. The maximum atomic E-state index is 4.53. The highest BCUT2D eigenvalue weighted by Crippen LogP contribution is 2.58. The van der Waals surface area contributed by atoms with Crippen molar-refractivity contribution in [2.45, 2.75) is 25.7 Å². The van der Waals surface area contributed by atoms with Gasteiger partial charge in [-0.25, -0.2) is 0 Å². The van der Waals surface area contributed by atoms with Crippen LogP contribution < -0.4 is 4.90 Å². The summed E-state index contributed by atoms with van der Waals surface area (Å²) in [6, 6.07) is 4.36. The Bertz CT molecular complexity index is 961. The molecule has 3 aromatic rings. The molecule has 3 nitrogen and oxygen atoms in total. The fraction of sp³-hybridized carbons (Fsp3) is 0.222. The van der Waals surface area contributed by atoms with Gasteiger partial charge in [-0.05, 0) is 39.2 Å². The Labute approximate surface area is 147 Å². The van der Waals surface area contributed by atoms with E-state index in [0.29, 0.717) is 0 Å². The van der Waals surface area contributed by atoms with Crippen LogP contribution in [0.2, 0.25) is 0 Å². The van der Waals surface area contributed by atoms with Gasteiger partial charge in [0.2, 0.25) is 0 Å². The van der Waals surface area contributed by atoms with E-state index in [2.05, 4.69) is 56.8 Å². The molecule has 0 saturated carbocycles. The molecule has 2 aliphatic rings. The predicted octanol–water partition coefficient (Wildman–Crippen LogP) is 5.31. The Kier molecular flexibility index (Phi) is 2.63. The summed E-state index contributed by atoms with van der Waals surface area (Å²) in [6.45, 7) is 4.59. The summed E-state index contributed by atoms with van der Waals surface area (Å²) in [5.41, 5.74) is 7.63. The highest BCUT2D eigenvalue weighted by molar-refractivity contribution is 9.11. The summed E-state index contributed by atoms with van der Waals surface area (Å²) in [7, 11) is 0. The van der Waals surface area contributed by atoms with Crippen LogP contribution >= 0.6 is 27.3 Å². The number of rotatable bonds is 0. The SMILES string of the molecule is CC1(C)c2cncc3c2N(c2ccncc2C3)c2cc(Br)sc21. The third-order valence-corrected chi connectivity index (χ3v) is 6.83. The largest absolute Gasteiger partial charge is 0.308 e. The number of anilines is 3. The summed E-state index contributed by atoms with van der Waals surface area (Å²) in [6.07, 6.45) is 8.79. The molecule has 3 aromatic heterocycles. The Hall–Kier alpha value is -1.72. The van der Waals surface area contributed by atoms with E-state index in [0.717, 1.165) is 6.42 Å². The second kappa shape index (κ2) is 4.42. The van der Waals surface area contributed by atoms with Crippen molar-refractivity contribution in [2.75, 3.05) is 4.90 Å². The fourth-order valence-corrected chi connectivity index (χ4v) is 5.47. The van der Waals surface area contributed by atoms with E-state index in [1.165, 1.54) is 42.4 Å². The first kappa shape index (κ1) is 13.7. The Balaban J connectivity index is 1.92. The molecule has 0 bridgehead atoms. The maximum Gasteiger partial charge on any atom is 0.0723 e. The first-order valence-electron chi connectivity index (χ1n) is 7.57. The summed E-state index contributed by atoms with van der Waals surface area (Å²) >= 11 is 5.50. The second-order valence-corrected chi connectivity index (χ2v) is 9.03. The van der Waals surface area contributed by atoms with Crippen molar-refractivity contribution in [1.29, 1.82) is 0 Å². The second-order valence-electron chi connectivity index (χ2n) is 6.60. The van der Waals surface area contributed by atoms with Crippen molar-refractivity contribution in [1.82, 2.24) is 9.97 Å². The van der Waals surface area contributed by atoms with Crippen molar-refractivity contribution < 1.29 is 0 Å². The highest BCUT2D eigenvalue weighted by Gasteiger charge is 2.42. The molecular formula is C18H14BrN3S. The zero-order valence-electron chi connectivity index (χ0n) is 12.8. The van der Waals surface area contributed by atoms with Gasteiger partial charge in [0.1, 0.15) is 0 Å². The van der Waals surface area contributed by atoms with E-state index in [9.17, 15) is 0 Å². The third kappa shape index (κ3) is 1.69. The van der Waals surface area contributed by atoms with Crippen LogP contribution in [-0.2, 0) is 11.8 Å². The van der Waals surface area contributed by atoms with E-state index < -0.39 is 0 Å². The van der Waals surface area contributed by atoms with E-state index in [-0.39, 0.29) is 5.41 Å². The Morgan fingerprint density at radius 2 is 1.96 bits per heavy atom. The van der Waals surface area contributed by atoms with Gasteiger partial charge in [-0.15, -0.1) is 11.3 Å². The first-order chi connectivity index (χ1) is 11.1. The molecule has 114 valence electrons. The number of aromatic nitrogens is 2. The van der Waals surface area contributed by atoms with Gasteiger partial charge < -0.3 is 4.90 Å². The first-order valence-corrected chi connectivity index (χ1v) is 9.18. The molecule has 0 fully saturated rings. The quantitative estimate of drug-likeness (QED) is 0.411. The Morgan fingerprint density at radius 3 is 2.83 bits per heavy atom. The topological polar surface area (TPSA) is 29.0 Å². The van der Waals surface area contributed by atoms with Crippen molar-refractivity contribution in [2.24, 2.45) is 0 Å². The molecular weight excluding hydrogens is 370 g/mol. The number of fused-ring (bicyclic) bond motifs is 4. The molecule has 5 rings (SSSR count). The van der Waals surface area contributed by atoms with Crippen LogP contribution in [0.5, 0.6) is 0 Å². The lowest BCUT2D eigenvalue weighted by Crippen LogP contribution is -2.32. The molecule has 0 saturated heterocycles. The van der Waals surface area contributed by atoms with Gasteiger partial charge in [-0.3, -0.25) is 9.97 Å². The molecule has 23 heavy (non-hydrogen) atoms. The van der Waals surface area contributed by atoms with Crippen molar-refractivity contribution in [3.8, 4) is 0 Å². The third-order valence-electron chi connectivity index (χ3n) is 4.88. The lowest BCUT2D eigenvalue weighted by atomic mass is 9.77. The molecule has 0 aliphatic carbocycles. The molecule has 0 spiro atoms. The van der Waals surface area contributed by atoms with E-state index in [4.69, 9.17) is 0 Å². The van der Waals surface area contributed by atoms with Crippen LogP contribution in [0.15, 0.2) is 40.7 Å². The minimum absolute atomic E-state index is 0.0363. The van der Waals surface area contributed by atoms with E-state index in [1.807, 2.05) is 36.1 Å². The highest BCUT2D eigenvalue weighted by atomic mass is 79.9. The van der Waals surface area contributed by atoms with Crippen LogP contribution in [0.4, 0.5) is 17.1 Å². The molecule has 0 N–H and O–H groups in total. The van der Waals surface area contributed by atoms with Crippen LogP contribution in [0.1, 0.15) is 35.4 Å². The van der Waals surface area contributed by atoms with Crippen molar-refractivity contribution in [3.63, 3.8) is 0 Å². The Morgan fingerprint density at radius 1 is 1.13 bits per heavy atom. The molecule has 0 unspecified atom stereocenters. The van der Waals surface area contributed by atoms with Crippen molar-refractivity contribution in [3.05, 3.63) is 62.3 Å². The molecule has 5 heterocycles. The normalized spacial score (nSPS) is 16.6. The summed E-state index contributed by atoms with van der Waals surface area (Å²) in [4.78, 5) is 12.6. The van der Waals surface area contributed by atoms with Gasteiger partial charge in [-0.1, -0.05) is 13.8 Å². The average molecular weight is 384 g/mol. The van der Waals surface area contributed by atoms with Gasteiger partial charge in [0.25, 0.3) is 0 Å². The van der Waals surface area contributed by atoms with Crippen LogP contribution in [0, 0.1) is 0 Å². The fourth-order valence-electron chi connectivity index (χ4n) is 3.79. The van der Waals surface area contributed by atoms with Gasteiger partial charge in [0, 0.05) is 47.1 Å². The maximum absolute atomic E-state index is 4.53. The van der Waals surface area contributed by atoms with Gasteiger partial charge in [0.15, 0.2) is 0 Å². The molecule has 0 amide bonds. The molecule has 5 heteroatoms. The lowest BCUT2D eigenvalue weighted by Gasteiger charge is -2.43. The van der Waals surface area contributed by atoms with E-state index in [1.54, 1.807) is 0 Å². The summed E-state index contributed by atoms with van der Waals surface area (Å²) in [5, 5.41) is 0. The number of thiophene rings is 1.